The molecule has 1 N–H and O–H groups in total. The van der Waals surface area contributed by atoms with Gasteiger partial charge in [0.05, 0.1) is 17.4 Å². The molecule has 1 fully saturated rings. The maximum Gasteiger partial charge on any atom is 0.256 e. The minimum Gasteiger partial charge on any atom is -0.491 e. The summed E-state index contributed by atoms with van der Waals surface area (Å²) >= 11 is 0. The molecule has 3 atom stereocenters. The third-order valence-electron chi connectivity index (χ3n) is 5.06. The van der Waals surface area contributed by atoms with Crippen LogP contribution in [0.5, 0.6) is 5.75 Å². The van der Waals surface area contributed by atoms with Crippen LogP contribution in [-0.4, -0.2) is 24.2 Å². The van der Waals surface area contributed by atoms with Crippen LogP contribution in [0.4, 0.5) is 5.69 Å². The van der Waals surface area contributed by atoms with Crippen molar-refractivity contribution in [3.8, 4) is 11.8 Å². The van der Waals surface area contributed by atoms with Crippen LogP contribution in [0.15, 0.2) is 18.2 Å². The minimum absolute atomic E-state index is 0.0759. The number of nitriles is 1. The lowest BCUT2D eigenvalue weighted by atomic mass is 9.78. The van der Waals surface area contributed by atoms with Crippen LogP contribution < -0.4 is 10.1 Å². The molecule has 1 saturated carbocycles. The average molecular weight is 358 g/mol. The van der Waals surface area contributed by atoms with Crippen molar-refractivity contribution in [1.82, 2.24) is 0 Å². The van der Waals surface area contributed by atoms with Crippen molar-refractivity contribution in [2.45, 2.75) is 71.5 Å². The number of hydrogen-bond acceptors (Lipinski definition) is 4. The Balaban J connectivity index is 2.20. The lowest BCUT2D eigenvalue weighted by Gasteiger charge is -2.38. The van der Waals surface area contributed by atoms with Gasteiger partial charge < -0.3 is 14.8 Å². The van der Waals surface area contributed by atoms with E-state index in [1.54, 1.807) is 18.2 Å². The zero-order valence-corrected chi connectivity index (χ0v) is 16.3. The summed E-state index contributed by atoms with van der Waals surface area (Å²) in [5.41, 5.74) is 0.103. The average Bonchev–Trinajstić information content (AvgIpc) is 2.62. The molecule has 0 spiro atoms. The van der Waals surface area contributed by atoms with Gasteiger partial charge in [-0.15, -0.1) is 0 Å². The third kappa shape index (κ3) is 4.76. The molecule has 1 amide bonds. The predicted molar refractivity (Wildman–Crippen MR) is 102 cm³/mol. The zero-order chi connectivity index (χ0) is 19.2. The summed E-state index contributed by atoms with van der Waals surface area (Å²) in [6.45, 7) is 8.59. The fourth-order valence-corrected chi connectivity index (χ4v) is 3.53. The molecule has 0 unspecified atom stereocenters. The van der Waals surface area contributed by atoms with Crippen LogP contribution in [-0.2, 0) is 9.53 Å². The molecular formula is C21H30N2O3. The summed E-state index contributed by atoms with van der Waals surface area (Å²) in [6, 6.07) is 7.36. The molecule has 2 rings (SSSR count). The lowest BCUT2D eigenvalue weighted by molar-refractivity contribution is -0.147. The highest BCUT2D eigenvalue weighted by Gasteiger charge is 2.42. The van der Waals surface area contributed by atoms with E-state index in [-0.39, 0.29) is 12.0 Å². The molecule has 0 saturated heterocycles. The van der Waals surface area contributed by atoms with Crippen molar-refractivity contribution in [2.24, 2.45) is 5.92 Å². The van der Waals surface area contributed by atoms with Gasteiger partial charge in [-0.1, -0.05) is 20.3 Å². The number of carbonyl (C=O) groups is 1. The van der Waals surface area contributed by atoms with E-state index in [1.807, 2.05) is 20.8 Å². The maximum absolute atomic E-state index is 13.0. The van der Waals surface area contributed by atoms with Crippen molar-refractivity contribution in [3.05, 3.63) is 23.8 Å². The highest BCUT2D eigenvalue weighted by atomic mass is 16.5. The van der Waals surface area contributed by atoms with Gasteiger partial charge in [0.25, 0.3) is 5.91 Å². The van der Waals surface area contributed by atoms with E-state index in [4.69, 9.17) is 9.47 Å². The van der Waals surface area contributed by atoms with Gasteiger partial charge in [0.2, 0.25) is 0 Å². The molecule has 5 heteroatoms. The number of nitrogens with one attached hydrogen (secondary N) is 1. The molecule has 0 bridgehead atoms. The molecular weight excluding hydrogens is 328 g/mol. The number of rotatable bonds is 7. The Morgan fingerprint density at radius 1 is 1.46 bits per heavy atom. The van der Waals surface area contributed by atoms with E-state index in [0.717, 1.165) is 19.3 Å². The number of amides is 1. The predicted octanol–water partition coefficient (Wildman–Crippen LogP) is 4.66. The summed E-state index contributed by atoms with van der Waals surface area (Å²) in [7, 11) is 0. The van der Waals surface area contributed by atoms with Gasteiger partial charge in [-0.2, -0.15) is 5.26 Å². The SMILES string of the molecule is CCO[C@]1(C(=O)Nc2ccc(O[C@H](C)CC)cc2C#N)CCC[C@H](C)C1. The molecule has 0 aromatic heterocycles. The van der Waals surface area contributed by atoms with E-state index in [0.29, 0.717) is 42.4 Å². The van der Waals surface area contributed by atoms with E-state index in [9.17, 15) is 10.1 Å². The highest BCUT2D eigenvalue weighted by molar-refractivity contribution is 5.98. The first-order valence-corrected chi connectivity index (χ1v) is 9.60. The zero-order valence-electron chi connectivity index (χ0n) is 16.3. The fourth-order valence-electron chi connectivity index (χ4n) is 3.53. The van der Waals surface area contributed by atoms with Crippen molar-refractivity contribution < 1.29 is 14.3 Å². The minimum atomic E-state index is -0.801. The van der Waals surface area contributed by atoms with Crippen LogP contribution >= 0.6 is 0 Å². The summed E-state index contributed by atoms with van der Waals surface area (Å²) in [5, 5.41) is 12.4. The van der Waals surface area contributed by atoms with Crippen LogP contribution in [0, 0.1) is 17.2 Å². The van der Waals surface area contributed by atoms with Crippen molar-refractivity contribution >= 4 is 11.6 Å². The molecule has 1 aliphatic carbocycles. The number of nitrogens with zero attached hydrogens (tertiary/aromatic N) is 1. The smallest absolute Gasteiger partial charge is 0.256 e. The van der Waals surface area contributed by atoms with Gasteiger partial charge in [-0.3, -0.25) is 4.79 Å². The van der Waals surface area contributed by atoms with Crippen molar-refractivity contribution in [2.75, 3.05) is 11.9 Å². The summed E-state index contributed by atoms with van der Waals surface area (Å²) in [5.74, 6) is 0.931. The standard InChI is InChI=1S/C21H30N2O3/c1-5-16(4)26-18-9-10-19(17(12-18)14-22)23-20(24)21(25-6-2)11-7-8-15(3)13-21/h9-10,12,15-16H,5-8,11,13H2,1-4H3,(H,23,24)/t15-,16+,21+/m0/s1. The van der Waals surface area contributed by atoms with Gasteiger partial charge >= 0.3 is 0 Å². The second kappa shape index (κ2) is 9.05. The quantitative estimate of drug-likeness (QED) is 0.769. The van der Waals surface area contributed by atoms with Crippen molar-refractivity contribution in [1.29, 1.82) is 5.26 Å². The molecule has 1 aromatic carbocycles. The Hall–Kier alpha value is -2.06. The Bertz CT molecular complexity index is 664. The number of ether oxygens (including phenoxy) is 2. The topological polar surface area (TPSA) is 71.3 Å². The van der Waals surface area contributed by atoms with Gasteiger partial charge in [0, 0.05) is 12.7 Å². The highest BCUT2D eigenvalue weighted by Crippen LogP contribution is 2.36. The number of anilines is 1. The largest absolute Gasteiger partial charge is 0.491 e. The molecule has 26 heavy (non-hydrogen) atoms. The Kier molecular flexibility index (Phi) is 7.05. The molecule has 142 valence electrons. The molecule has 1 aromatic rings. The second-order valence-electron chi connectivity index (χ2n) is 7.24. The molecule has 0 aliphatic heterocycles. The summed E-state index contributed by atoms with van der Waals surface area (Å²) < 4.78 is 11.7. The molecule has 1 aliphatic rings. The normalized spacial score (nSPS) is 23.7. The van der Waals surface area contributed by atoms with Gasteiger partial charge in [-0.25, -0.2) is 0 Å². The Morgan fingerprint density at radius 2 is 2.23 bits per heavy atom. The first-order chi connectivity index (χ1) is 12.4. The molecule has 0 radical (unpaired) electrons. The number of hydrogen-bond donors (Lipinski definition) is 1. The number of benzene rings is 1. The Labute approximate surface area is 156 Å². The lowest BCUT2D eigenvalue weighted by Crippen LogP contribution is -2.48. The van der Waals surface area contributed by atoms with Crippen LogP contribution in [0.25, 0.3) is 0 Å². The van der Waals surface area contributed by atoms with Gasteiger partial charge in [0.15, 0.2) is 0 Å². The molecule has 0 heterocycles. The van der Waals surface area contributed by atoms with Crippen LogP contribution in [0.2, 0.25) is 0 Å². The van der Waals surface area contributed by atoms with Gasteiger partial charge in [-0.05, 0) is 57.6 Å². The maximum atomic E-state index is 13.0. The van der Waals surface area contributed by atoms with Crippen molar-refractivity contribution in [3.63, 3.8) is 0 Å². The second-order valence-corrected chi connectivity index (χ2v) is 7.24. The third-order valence-corrected chi connectivity index (χ3v) is 5.06. The van der Waals surface area contributed by atoms with Gasteiger partial charge in [0.1, 0.15) is 17.4 Å². The number of carbonyl (C=O) groups excluding carboxylic acids is 1. The van der Waals surface area contributed by atoms with Crippen LogP contribution in [0.3, 0.4) is 0 Å². The van der Waals surface area contributed by atoms with E-state index in [2.05, 4.69) is 18.3 Å². The van der Waals surface area contributed by atoms with E-state index in [1.165, 1.54) is 0 Å². The Morgan fingerprint density at radius 3 is 2.85 bits per heavy atom. The molecule has 5 nitrogen and oxygen atoms in total. The first-order valence-electron chi connectivity index (χ1n) is 9.60. The summed E-state index contributed by atoms with van der Waals surface area (Å²) in [6.07, 6.45) is 4.48. The first kappa shape index (κ1) is 20.3. The summed E-state index contributed by atoms with van der Waals surface area (Å²) in [4.78, 5) is 13.0. The van der Waals surface area contributed by atoms with Crippen LogP contribution in [0.1, 0.15) is 65.4 Å². The van der Waals surface area contributed by atoms with E-state index < -0.39 is 5.60 Å². The fraction of sp³-hybridized carbons (Fsp3) is 0.619. The monoisotopic (exact) mass is 358 g/mol. The van der Waals surface area contributed by atoms with E-state index >= 15 is 0 Å².